The summed E-state index contributed by atoms with van der Waals surface area (Å²) in [5, 5.41) is 6.23. The Kier molecular flexibility index (Phi) is 6.85. The van der Waals surface area contributed by atoms with Crippen LogP contribution in [-0.2, 0) is 13.1 Å². The van der Waals surface area contributed by atoms with Gasteiger partial charge in [-0.25, -0.2) is 0 Å². The van der Waals surface area contributed by atoms with Crippen LogP contribution in [0.2, 0.25) is 0 Å². The van der Waals surface area contributed by atoms with Gasteiger partial charge in [-0.1, -0.05) is 12.1 Å². The maximum absolute atomic E-state index is 12.6. The van der Waals surface area contributed by atoms with Gasteiger partial charge in [-0.05, 0) is 53.6 Å². The number of nitrogens with zero attached hydrogens (tertiary/aromatic N) is 2. The zero-order chi connectivity index (χ0) is 23.2. The monoisotopic (exact) mass is 446 g/mol. The molecule has 0 fully saturated rings. The number of benzene rings is 2. The van der Waals surface area contributed by atoms with Gasteiger partial charge in [0.05, 0.1) is 0 Å². The molecule has 2 aromatic carbocycles. The van der Waals surface area contributed by atoms with Gasteiger partial charge in [0, 0.05) is 44.6 Å². The highest BCUT2D eigenvalue weighted by Gasteiger charge is 2.14. The summed E-state index contributed by atoms with van der Waals surface area (Å²) in [5.41, 5.74) is 3.27. The number of pyridine rings is 1. The Morgan fingerprint density at radius 1 is 0.939 bits per heavy atom. The molecule has 8 nitrogen and oxygen atoms in total. The van der Waals surface area contributed by atoms with Crippen molar-refractivity contribution in [2.45, 2.75) is 13.1 Å². The Morgan fingerprint density at radius 3 is 2.48 bits per heavy atom. The Hall–Kier alpha value is -3.91. The highest BCUT2D eigenvalue weighted by atomic mass is 16.6. The first kappa shape index (κ1) is 22.3. The van der Waals surface area contributed by atoms with Crippen LogP contribution in [0.1, 0.15) is 32.0 Å². The molecule has 2 heterocycles. The van der Waals surface area contributed by atoms with Crippen molar-refractivity contribution in [3.63, 3.8) is 0 Å². The quantitative estimate of drug-likeness (QED) is 0.579. The van der Waals surface area contributed by atoms with E-state index in [-0.39, 0.29) is 11.8 Å². The summed E-state index contributed by atoms with van der Waals surface area (Å²) in [7, 11) is 3.39. The SMILES string of the molecule is CN(C)C(=O)c1cc(CNCc2ccc3c(c2)OCCO3)cc(NC(=O)c2ccccn2)c1. The van der Waals surface area contributed by atoms with E-state index >= 15 is 0 Å². The summed E-state index contributed by atoms with van der Waals surface area (Å²) >= 11 is 0. The van der Waals surface area contributed by atoms with Crippen molar-refractivity contribution in [1.29, 1.82) is 0 Å². The zero-order valence-electron chi connectivity index (χ0n) is 18.6. The lowest BCUT2D eigenvalue weighted by molar-refractivity contribution is 0.0827. The summed E-state index contributed by atoms with van der Waals surface area (Å²) < 4.78 is 11.2. The number of rotatable bonds is 7. The Labute approximate surface area is 192 Å². The van der Waals surface area contributed by atoms with Crippen LogP contribution in [0.5, 0.6) is 11.5 Å². The molecule has 0 spiro atoms. The lowest BCUT2D eigenvalue weighted by atomic mass is 10.1. The third-order valence-corrected chi connectivity index (χ3v) is 5.07. The fraction of sp³-hybridized carbons (Fsp3) is 0.240. The lowest BCUT2D eigenvalue weighted by Crippen LogP contribution is -2.23. The molecule has 0 unspecified atom stereocenters. The number of nitrogens with one attached hydrogen (secondary N) is 2. The average molecular weight is 447 g/mol. The molecular formula is C25H26N4O4. The number of aromatic nitrogens is 1. The van der Waals surface area contributed by atoms with Crippen LogP contribution in [0.25, 0.3) is 0 Å². The van der Waals surface area contributed by atoms with Crippen LogP contribution in [0, 0.1) is 0 Å². The predicted molar refractivity (Wildman–Crippen MR) is 125 cm³/mol. The van der Waals surface area contributed by atoms with Crippen LogP contribution in [0.3, 0.4) is 0 Å². The van der Waals surface area contributed by atoms with Crippen molar-refractivity contribution in [3.8, 4) is 11.5 Å². The van der Waals surface area contributed by atoms with E-state index in [1.54, 1.807) is 44.6 Å². The first-order chi connectivity index (χ1) is 16.0. The third-order valence-electron chi connectivity index (χ3n) is 5.07. The van der Waals surface area contributed by atoms with Crippen LogP contribution >= 0.6 is 0 Å². The molecule has 1 aliphatic rings. The van der Waals surface area contributed by atoms with Crippen LogP contribution < -0.4 is 20.1 Å². The van der Waals surface area contributed by atoms with Gasteiger partial charge in [-0.15, -0.1) is 0 Å². The first-order valence-corrected chi connectivity index (χ1v) is 10.7. The second kappa shape index (κ2) is 10.1. The summed E-state index contributed by atoms with van der Waals surface area (Å²) in [6.07, 6.45) is 1.56. The number of amides is 2. The van der Waals surface area contributed by atoms with E-state index in [0.717, 1.165) is 22.6 Å². The molecule has 4 rings (SSSR count). The van der Waals surface area contributed by atoms with E-state index in [4.69, 9.17) is 9.47 Å². The topological polar surface area (TPSA) is 92.8 Å². The highest BCUT2D eigenvalue weighted by molar-refractivity contribution is 6.04. The number of fused-ring (bicyclic) bond motifs is 1. The van der Waals surface area contributed by atoms with E-state index in [2.05, 4.69) is 15.6 Å². The van der Waals surface area contributed by atoms with Gasteiger partial charge in [-0.3, -0.25) is 14.6 Å². The zero-order valence-corrected chi connectivity index (χ0v) is 18.6. The molecule has 170 valence electrons. The van der Waals surface area contributed by atoms with Gasteiger partial charge in [0.15, 0.2) is 11.5 Å². The number of hydrogen-bond acceptors (Lipinski definition) is 6. The summed E-state index contributed by atoms with van der Waals surface area (Å²) in [5.74, 6) is 1.03. The smallest absolute Gasteiger partial charge is 0.274 e. The normalized spacial score (nSPS) is 12.2. The number of anilines is 1. The Bertz CT molecular complexity index is 1150. The standard InChI is InChI=1S/C25H26N4O4/c1-29(2)25(31)19-11-18(12-20(14-19)28-24(30)21-5-3-4-8-27-21)16-26-15-17-6-7-22-23(13-17)33-10-9-32-22/h3-8,11-14,26H,9-10,15-16H2,1-2H3,(H,28,30). The van der Waals surface area contributed by atoms with Gasteiger partial charge in [-0.2, -0.15) is 0 Å². The van der Waals surface area contributed by atoms with Crippen molar-refractivity contribution >= 4 is 17.5 Å². The van der Waals surface area contributed by atoms with Crippen molar-refractivity contribution in [3.05, 3.63) is 83.2 Å². The van der Waals surface area contributed by atoms with Crippen LogP contribution in [0.4, 0.5) is 5.69 Å². The molecule has 0 saturated carbocycles. The van der Waals surface area contributed by atoms with E-state index in [0.29, 0.717) is 43.2 Å². The number of hydrogen-bond donors (Lipinski definition) is 2. The number of carbonyl (C=O) groups excluding carboxylic acids is 2. The van der Waals surface area contributed by atoms with Crippen molar-refractivity contribution in [1.82, 2.24) is 15.2 Å². The molecular weight excluding hydrogens is 420 g/mol. The number of carbonyl (C=O) groups is 2. The summed E-state index contributed by atoms with van der Waals surface area (Å²) in [6, 6.07) is 16.4. The van der Waals surface area contributed by atoms with Crippen molar-refractivity contribution in [2.75, 3.05) is 32.6 Å². The molecule has 0 atom stereocenters. The minimum atomic E-state index is -0.333. The molecule has 0 bridgehead atoms. The molecule has 8 heteroatoms. The third kappa shape index (κ3) is 5.67. The van der Waals surface area contributed by atoms with Crippen LogP contribution in [0.15, 0.2) is 60.8 Å². The molecule has 1 aliphatic heterocycles. The van der Waals surface area contributed by atoms with Gasteiger partial charge in [0.2, 0.25) is 0 Å². The number of ether oxygens (including phenoxy) is 2. The fourth-order valence-corrected chi connectivity index (χ4v) is 3.49. The summed E-state index contributed by atoms with van der Waals surface area (Å²) in [4.78, 5) is 30.7. The molecule has 0 radical (unpaired) electrons. The molecule has 1 aromatic heterocycles. The molecule has 2 N–H and O–H groups in total. The minimum Gasteiger partial charge on any atom is -0.486 e. The average Bonchev–Trinajstić information content (AvgIpc) is 2.84. The predicted octanol–water partition coefficient (Wildman–Crippen LogP) is 3.10. The Morgan fingerprint density at radius 2 is 1.73 bits per heavy atom. The molecule has 33 heavy (non-hydrogen) atoms. The largest absolute Gasteiger partial charge is 0.486 e. The maximum atomic E-state index is 12.6. The summed E-state index contributed by atoms with van der Waals surface area (Å²) in [6.45, 7) is 2.23. The molecule has 2 amide bonds. The van der Waals surface area contributed by atoms with E-state index in [1.165, 1.54) is 4.90 Å². The Balaban J connectivity index is 1.48. The van der Waals surface area contributed by atoms with Gasteiger partial charge >= 0.3 is 0 Å². The minimum absolute atomic E-state index is 0.142. The van der Waals surface area contributed by atoms with Gasteiger partial charge in [0.1, 0.15) is 18.9 Å². The van der Waals surface area contributed by atoms with E-state index in [9.17, 15) is 9.59 Å². The van der Waals surface area contributed by atoms with Crippen LogP contribution in [-0.4, -0.2) is 49.0 Å². The van der Waals surface area contributed by atoms with E-state index < -0.39 is 0 Å². The second-order valence-corrected chi connectivity index (χ2v) is 7.87. The van der Waals surface area contributed by atoms with Gasteiger partial charge in [0.25, 0.3) is 11.8 Å². The second-order valence-electron chi connectivity index (χ2n) is 7.87. The van der Waals surface area contributed by atoms with Crippen molar-refractivity contribution in [2.24, 2.45) is 0 Å². The van der Waals surface area contributed by atoms with Crippen molar-refractivity contribution < 1.29 is 19.1 Å². The molecule has 3 aromatic rings. The molecule has 0 aliphatic carbocycles. The molecule has 0 saturated heterocycles. The maximum Gasteiger partial charge on any atom is 0.274 e. The lowest BCUT2D eigenvalue weighted by Gasteiger charge is -2.19. The van der Waals surface area contributed by atoms with Gasteiger partial charge < -0.3 is 25.0 Å². The fourth-order valence-electron chi connectivity index (χ4n) is 3.49. The highest BCUT2D eigenvalue weighted by Crippen LogP contribution is 2.30. The van der Waals surface area contributed by atoms with E-state index in [1.807, 2.05) is 30.3 Å². The first-order valence-electron chi connectivity index (χ1n) is 10.7.